The third kappa shape index (κ3) is 3.04. The largest absolute Gasteiger partial charge is 0.355 e. The van der Waals surface area contributed by atoms with Gasteiger partial charge in [0.2, 0.25) is 0 Å². The minimum atomic E-state index is -0.0771. The lowest BCUT2D eigenvalue weighted by Gasteiger charge is -2.00. The number of pyridine rings is 1. The minimum absolute atomic E-state index is 0.0771. The van der Waals surface area contributed by atoms with Gasteiger partial charge in [-0.15, -0.1) is 0 Å². The van der Waals surface area contributed by atoms with E-state index in [1.54, 1.807) is 7.05 Å². The Morgan fingerprint density at radius 3 is 2.50 bits per heavy atom. The quantitative estimate of drug-likeness (QED) is 0.797. The number of fused-ring (bicyclic) bond motifs is 1. The van der Waals surface area contributed by atoms with E-state index in [9.17, 15) is 4.79 Å². The number of para-hydroxylation sites is 1. The molecule has 0 aliphatic carbocycles. The van der Waals surface area contributed by atoms with E-state index in [1.807, 2.05) is 66.7 Å². The van der Waals surface area contributed by atoms with Gasteiger partial charge >= 0.3 is 0 Å². The first-order valence-corrected chi connectivity index (χ1v) is 7.12. The van der Waals surface area contributed by atoms with Gasteiger partial charge in [-0.2, -0.15) is 0 Å². The second-order valence-electron chi connectivity index (χ2n) is 4.96. The van der Waals surface area contributed by atoms with Crippen molar-refractivity contribution in [2.24, 2.45) is 0 Å². The Labute approximate surface area is 129 Å². The first-order chi connectivity index (χ1) is 10.8. The SMILES string of the molecule is CNC(=O)c1ccc(C=Cc2ccc3ccccc3n2)cc1. The van der Waals surface area contributed by atoms with Gasteiger partial charge in [0.25, 0.3) is 5.91 Å². The van der Waals surface area contributed by atoms with Crippen LogP contribution in [0.15, 0.2) is 60.7 Å². The number of nitrogens with zero attached hydrogens (tertiary/aromatic N) is 1. The summed E-state index contributed by atoms with van der Waals surface area (Å²) in [6, 6.07) is 19.6. The van der Waals surface area contributed by atoms with Crippen LogP contribution in [0.1, 0.15) is 21.6 Å². The molecule has 3 heteroatoms. The average molecular weight is 288 g/mol. The molecule has 0 spiro atoms. The van der Waals surface area contributed by atoms with E-state index in [4.69, 9.17) is 0 Å². The molecule has 0 radical (unpaired) electrons. The lowest BCUT2D eigenvalue weighted by molar-refractivity contribution is 0.0963. The summed E-state index contributed by atoms with van der Waals surface area (Å²) in [7, 11) is 1.63. The molecular formula is C19H16N2O. The van der Waals surface area contributed by atoms with E-state index in [1.165, 1.54) is 0 Å². The molecule has 1 amide bonds. The molecule has 108 valence electrons. The molecule has 0 aliphatic heterocycles. The van der Waals surface area contributed by atoms with Crippen molar-refractivity contribution in [3.05, 3.63) is 77.5 Å². The zero-order valence-electron chi connectivity index (χ0n) is 12.3. The van der Waals surface area contributed by atoms with Crippen LogP contribution in [-0.4, -0.2) is 17.9 Å². The zero-order chi connectivity index (χ0) is 15.4. The normalized spacial score (nSPS) is 11.0. The van der Waals surface area contributed by atoms with Crippen molar-refractivity contribution in [2.75, 3.05) is 7.05 Å². The molecule has 1 heterocycles. The van der Waals surface area contributed by atoms with E-state index in [-0.39, 0.29) is 5.91 Å². The van der Waals surface area contributed by atoms with Gasteiger partial charge in [-0.25, -0.2) is 4.98 Å². The van der Waals surface area contributed by atoms with Crippen molar-refractivity contribution < 1.29 is 4.79 Å². The summed E-state index contributed by atoms with van der Waals surface area (Å²) in [5.41, 5.74) is 3.58. The fourth-order valence-corrected chi connectivity index (χ4v) is 2.25. The molecule has 0 saturated carbocycles. The van der Waals surface area contributed by atoms with Crippen LogP contribution < -0.4 is 5.32 Å². The number of carbonyl (C=O) groups is 1. The van der Waals surface area contributed by atoms with Crippen molar-refractivity contribution in [2.45, 2.75) is 0 Å². The van der Waals surface area contributed by atoms with Gasteiger partial charge < -0.3 is 5.32 Å². The molecule has 3 aromatic rings. The Hall–Kier alpha value is -2.94. The zero-order valence-corrected chi connectivity index (χ0v) is 12.3. The fraction of sp³-hybridized carbons (Fsp3) is 0.0526. The molecule has 1 aromatic heterocycles. The third-order valence-corrected chi connectivity index (χ3v) is 3.47. The Morgan fingerprint density at radius 2 is 1.73 bits per heavy atom. The molecule has 3 rings (SSSR count). The number of amides is 1. The number of rotatable bonds is 3. The van der Waals surface area contributed by atoms with Crippen LogP contribution in [0.4, 0.5) is 0 Å². The second kappa shape index (κ2) is 6.22. The molecule has 0 bridgehead atoms. The molecule has 0 saturated heterocycles. The lowest BCUT2D eigenvalue weighted by atomic mass is 10.1. The summed E-state index contributed by atoms with van der Waals surface area (Å²) >= 11 is 0. The topological polar surface area (TPSA) is 42.0 Å². The van der Waals surface area contributed by atoms with Gasteiger partial charge in [0.15, 0.2) is 0 Å². The van der Waals surface area contributed by atoms with Gasteiger partial charge in [-0.3, -0.25) is 4.79 Å². The van der Waals surface area contributed by atoms with Gasteiger partial charge in [-0.05, 0) is 35.9 Å². The molecule has 0 aliphatic rings. The van der Waals surface area contributed by atoms with Crippen molar-refractivity contribution in [3.63, 3.8) is 0 Å². The molecule has 0 fully saturated rings. The highest BCUT2D eigenvalue weighted by Gasteiger charge is 2.01. The predicted octanol–water partition coefficient (Wildman–Crippen LogP) is 3.76. The molecular weight excluding hydrogens is 272 g/mol. The van der Waals surface area contributed by atoms with Crippen molar-refractivity contribution in [3.8, 4) is 0 Å². The van der Waals surface area contributed by atoms with Crippen LogP contribution in [0.5, 0.6) is 0 Å². The summed E-state index contributed by atoms with van der Waals surface area (Å²) in [5.74, 6) is -0.0771. The van der Waals surface area contributed by atoms with Crippen LogP contribution in [0, 0.1) is 0 Å². The Morgan fingerprint density at radius 1 is 0.955 bits per heavy atom. The highest BCUT2D eigenvalue weighted by molar-refractivity contribution is 5.94. The van der Waals surface area contributed by atoms with Crippen LogP contribution >= 0.6 is 0 Å². The summed E-state index contributed by atoms with van der Waals surface area (Å²) in [5, 5.41) is 3.74. The molecule has 1 N–H and O–H groups in total. The van der Waals surface area contributed by atoms with E-state index < -0.39 is 0 Å². The maximum atomic E-state index is 11.5. The van der Waals surface area contributed by atoms with E-state index in [0.717, 1.165) is 22.2 Å². The fourth-order valence-electron chi connectivity index (χ4n) is 2.25. The Balaban J connectivity index is 1.81. The predicted molar refractivity (Wildman–Crippen MR) is 90.5 cm³/mol. The molecule has 2 aromatic carbocycles. The van der Waals surface area contributed by atoms with Crippen LogP contribution in [0.3, 0.4) is 0 Å². The highest BCUT2D eigenvalue weighted by Crippen LogP contribution is 2.14. The number of hydrogen-bond acceptors (Lipinski definition) is 2. The van der Waals surface area contributed by atoms with E-state index in [0.29, 0.717) is 5.56 Å². The first kappa shape index (κ1) is 14.0. The first-order valence-electron chi connectivity index (χ1n) is 7.12. The number of nitrogens with one attached hydrogen (secondary N) is 1. The summed E-state index contributed by atoms with van der Waals surface area (Å²) < 4.78 is 0. The maximum Gasteiger partial charge on any atom is 0.251 e. The van der Waals surface area contributed by atoms with Gasteiger partial charge in [-0.1, -0.05) is 42.5 Å². The molecule has 0 unspecified atom stereocenters. The van der Waals surface area contributed by atoms with Crippen LogP contribution in [0.2, 0.25) is 0 Å². The Bertz CT molecular complexity index is 835. The second-order valence-corrected chi connectivity index (χ2v) is 4.96. The Kier molecular flexibility index (Phi) is 3.97. The smallest absolute Gasteiger partial charge is 0.251 e. The molecule has 3 nitrogen and oxygen atoms in total. The maximum absolute atomic E-state index is 11.5. The van der Waals surface area contributed by atoms with E-state index >= 15 is 0 Å². The number of aromatic nitrogens is 1. The average Bonchev–Trinajstić information content (AvgIpc) is 2.59. The number of hydrogen-bond donors (Lipinski definition) is 1. The van der Waals surface area contributed by atoms with Gasteiger partial charge in [0.05, 0.1) is 11.2 Å². The molecule has 22 heavy (non-hydrogen) atoms. The van der Waals surface area contributed by atoms with Crippen molar-refractivity contribution in [1.29, 1.82) is 0 Å². The molecule has 0 atom stereocenters. The standard InChI is InChI=1S/C19H16N2O/c1-20-19(22)16-9-6-14(7-10-16)8-12-17-13-11-15-4-2-3-5-18(15)21-17/h2-13H,1H3,(H,20,22). The number of carbonyl (C=O) groups excluding carboxylic acids is 1. The van der Waals surface area contributed by atoms with Crippen LogP contribution in [0.25, 0.3) is 23.1 Å². The summed E-state index contributed by atoms with van der Waals surface area (Å²) in [4.78, 5) is 16.1. The van der Waals surface area contributed by atoms with Crippen LogP contribution in [-0.2, 0) is 0 Å². The van der Waals surface area contributed by atoms with Gasteiger partial charge in [0.1, 0.15) is 0 Å². The minimum Gasteiger partial charge on any atom is -0.355 e. The monoisotopic (exact) mass is 288 g/mol. The highest BCUT2D eigenvalue weighted by atomic mass is 16.1. The van der Waals surface area contributed by atoms with Crippen molar-refractivity contribution in [1.82, 2.24) is 10.3 Å². The lowest BCUT2D eigenvalue weighted by Crippen LogP contribution is -2.17. The summed E-state index contributed by atoms with van der Waals surface area (Å²) in [6.45, 7) is 0. The third-order valence-electron chi connectivity index (χ3n) is 3.47. The number of benzene rings is 2. The van der Waals surface area contributed by atoms with Gasteiger partial charge in [0, 0.05) is 18.0 Å². The van der Waals surface area contributed by atoms with E-state index in [2.05, 4.69) is 16.4 Å². The van der Waals surface area contributed by atoms with Crippen molar-refractivity contribution >= 4 is 29.0 Å². The summed E-state index contributed by atoms with van der Waals surface area (Å²) in [6.07, 6.45) is 3.96.